The van der Waals surface area contributed by atoms with Gasteiger partial charge in [0.15, 0.2) is 0 Å². The molecule has 0 aromatic carbocycles. The summed E-state index contributed by atoms with van der Waals surface area (Å²) >= 11 is 1.68. The monoisotopic (exact) mass is 306 g/mol. The highest BCUT2D eigenvalue weighted by Crippen LogP contribution is 2.33. The Labute approximate surface area is 128 Å². The van der Waals surface area contributed by atoms with E-state index in [9.17, 15) is 9.90 Å². The Kier molecular flexibility index (Phi) is 4.13. The number of aromatic nitrogens is 2. The second-order valence-corrected chi connectivity index (χ2v) is 7.28. The van der Waals surface area contributed by atoms with Gasteiger partial charge in [-0.1, -0.05) is 20.3 Å². The van der Waals surface area contributed by atoms with Crippen molar-refractivity contribution < 1.29 is 5.11 Å². The molecule has 0 saturated carbocycles. The number of rotatable bonds is 3. The Bertz CT molecular complexity index is 702. The summed E-state index contributed by atoms with van der Waals surface area (Å²) in [6, 6.07) is -0.198. The first-order valence-corrected chi connectivity index (χ1v) is 8.57. The van der Waals surface area contributed by atoms with Crippen LogP contribution in [0.4, 0.5) is 0 Å². The third kappa shape index (κ3) is 2.53. The number of thiophene rings is 1. The number of hydrogen-bond acceptors (Lipinski definition) is 4. The summed E-state index contributed by atoms with van der Waals surface area (Å²) < 4.78 is 1.63. The van der Waals surface area contributed by atoms with E-state index >= 15 is 0 Å². The van der Waals surface area contributed by atoms with Crippen LogP contribution in [0.5, 0.6) is 0 Å². The van der Waals surface area contributed by atoms with Crippen molar-refractivity contribution in [1.82, 2.24) is 9.55 Å². The molecule has 4 nitrogen and oxygen atoms in total. The zero-order chi connectivity index (χ0) is 15.0. The molecule has 2 heterocycles. The highest BCUT2D eigenvalue weighted by molar-refractivity contribution is 7.18. The van der Waals surface area contributed by atoms with Crippen LogP contribution in [0.15, 0.2) is 11.1 Å². The Hall–Kier alpha value is -1.20. The first kappa shape index (κ1) is 14.7. The summed E-state index contributed by atoms with van der Waals surface area (Å²) in [5, 5.41) is 10.4. The van der Waals surface area contributed by atoms with Crippen molar-refractivity contribution in [3.05, 3.63) is 27.1 Å². The highest BCUT2D eigenvalue weighted by Gasteiger charge is 2.22. The summed E-state index contributed by atoms with van der Waals surface area (Å²) in [5.41, 5.74) is 1.24. The van der Waals surface area contributed by atoms with Crippen LogP contribution in [0.2, 0.25) is 0 Å². The topological polar surface area (TPSA) is 55.1 Å². The van der Waals surface area contributed by atoms with Gasteiger partial charge in [0.05, 0.1) is 24.4 Å². The van der Waals surface area contributed by atoms with E-state index in [4.69, 9.17) is 0 Å². The molecule has 3 rings (SSSR count). The van der Waals surface area contributed by atoms with Crippen molar-refractivity contribution >= 4 is 21.6 Å². The molecule has 21 heavy (non-hydrogen) atoms. The zero-order valence-corrected chi connectivity index (χ0v) is 13.4. The lowest BCUT2D eigenvalue weighted by Gasteiger charge is -2.20. The van der Waals surface area contributed by atoms with Crippen LogP contribution in [0.3, 0.4) is 0 Å². The average Bonchev–Trinajstić information content (AvgIpc) is 2.65. The molecule has 0 radical (unpaired) electrons. The van der Waals surface area contributed by atoms with Gasteiger partial charge >= 0.3 is 0 Å². The number of fused-ring (bicyclic) bond motifs is 3. The number of aliphatic hydroxyl groups excluding tert-OH is 1. The average molecular weight is 306 g/mol. The predicted molar refractivity (Wildman–Crippen MR) is 86.1 cm³/mol. The molecule has 1 aliphatic carbocycles. The van der Waals surface area contributed by atoms with Gasteiger partial charge in [0.2, 0.25) is 0 Å². The molecule has 0 aliphatic heterocycles. The first-order chi connectivity index (χ1) is 10.1. The standard InChI is InChI=1S/C16H22N2O2S/c1-10(2)12(8-19)18-9-17-15-14(16(18)20)11-6-4-3-5-7-13(11)21-15/h9-10,12,19H,3-8H2,1-2H3/t12-/m1/s1. The van der Waals surface area contributed by atoms with E-state index in [0.717, 1.165) is 29.5 Å². The van der Waals surface area contributed by atoms with Gasteiger partial charge in [-0.25, -0.2) is 4.98 Å². The molecule has 0 amide bonds. The molecule has 5 heteroatoms. The highest BCUT2D eigenvalue weighted by atomic mass is 32.1. The van der Waals surface area contributed by atoms with Gasteiger partial charge < -0.3 is 5.11 Å². The molecule has 1 aliphatic rings. The lowest BCUT2D eigenvalue weighted by atomic mass is 10.0. The molecular formula is C16H22N2O2S. The third-order valence-electron chi connectivity index (χ3n) is 4.46. The molecule has 0 fully saturated rings. The fourth-order valence-electron chi connectivity index (χ4n) is 3.19. The van der Waals surface area contributed by atoms with Gasteiger partial charge in [0.25, 0.3) is 5.56 Å². The molecule has 0 saturated heterocycles. The van der Waals surface area contributed by atoms with Crippen molar-refractivity contribution in [3.63, 3.8) is 0 Å². The lowest BCUT2D eigenvalue weighted by molar-refractivity contribution is 0.189. The fourth-order valence-corrected chi connectivity index (χ4v) is 4.41. The number of aliphatic hydroxyl groups is 1. The van der Waals surface area contributed by atoms with Gasteiger partial charge in [-0.05, 0) is 37.2 Å². The molecular weight excluding hydrogens is 284 g/mol. The molecule has 0 spiro atoms. The number of aryl methyl sites for hydroxylation is 2. The second kappa shape index (κ2) is 5.89. The molecule has 2 aromatic rings. The largest absolute Gasteiger partial charge is 0.394 e. The minimum atomic E-state index is -0.198. The summed E-state index contributed by atoms with van der Waals surface area (Å²) in [6.07, 6.45) is 7.27. The fraction of sp³-hybridized carbons (Fsp3) is 0.625. The van der Waals surface area contributed by atoms with Gasteiger partial charge in [0, 0.05) is 4.88 Å². The van der Waals surface area contributed by atoms with Crippen LogP contribution >= 0.6 is 11.3 Å². The lowest BCUT2D eigenvalue weighted by Crippen LogP contribution is -2.30. The molecule has 0 unspecified atom stereocenters. The second-order valence-electron chi connectivity index (χ2n) is 6.20. The van der Waals surface area contributed by atoms with E-state index in [-0.39, 0.29) is 24.1 Å². The maximum Gasteiger partial charge on any atom is 0.262 e. The maximum atomic E-state index is 12.9. The Morgan fingerprint density at radius 1 is 1.33 bits per heavy atom. The van der Waals surface area contributed by atoms with Crippen LogP contribution in [0.25, 0.3) is 10.2 Å². The van der Waals surface area contributed by atoms with E-state index in [1.165, 1.54) is 23.3 Å². The first-order valence-electron chi connectivity index (χ1n) is 7.75. The van der Waals surface area contributed by atoms with Crippen molar-refractivity contribution in [3.8, 4) is 0 Å². The molecule has 2 aromatic heterocycles. The van der Waals surface area contributed by atoms with Crippen molar-refractivity contribution in [2.45, 2.75) is 52.0 Å². The number of hydrogen-bond donors (Lipinski definition) is 1. The van der Waals surface area contributed by atoms with Gasteiger partial charge in [0.1, 0.15) is 4.83 Å². The minimum absolute atomic E-state index is 0.0205. The van der Waals surface area contributed by atoms with E-state index < -0.39 is 0 Å². The van der Waals surface area contributed by atoms with E-state index in [0.29, 0.717) is 0 Å². The maximum absolute atomic E-state index is 12.9. The van der Waals surface area contributed by atoms with Crippen LogP contribution in [0.1, 0.15) is 49.6 Å². The predicted octanol–water partition coefficient (Wildman–Crippen LogP) is 2.92. The van der Waals surface area contributed by atoms with Crippen molar-refractivity contribution in [1.29, 1.82) is 0 Å². The Balaban J connectivity index is 2.20. The SMILES string of the molecule is CC(C)[C@@H](CO)n1cnc2sc3c(c2c1=O)CCCCC3. The molecule has 0 bridgehead atoms. The van der Waals surface area contributed by atoms with Gasteiger partial charge in [-0.2, -0.15) is 0 Å². The summed E-state index contributed by atoms with van der Waals surface area (Å²) in [5.74, 6) is 0.198. The normalized spacial score (nSPS) is 17.0. The minimum Gasteiger partial charge on any atom is -0.394 e. The Morgan fingerprint density at radius 2 is 2.10 bits per heavy atom. The van der Waals surface area contributed by atoms with E-state index in [2.05, 4.69) is 4.98 Å². The van der Waals surface area contributed by atoms with E-state index in [1.807, 2.05) is 13.8 Å². The number of nitrogens with zero attached hydrogens (tertiary/aromatic N) is 2. The summed E-state index contributed by atoms with van der Waals surface area (Å²) in [7, 11) is 0. The smallest absolute Gasteiger partial charge is 0.262 e. The van der Waals surface area contributed by atoms with Crippen LogP contribution in [-0.4, -0.2) is 21.3 Å². The third-order valence-corrected chi connectivity index (χ3v) is 5.66. The van der Waals surface area contributed by atoms with Crippen LogP contribution in [-0.2, 0) is 12.8 Å². The zero-order valence-electron chi connectivity index (χ0n) is 12.6. The molecule has 114 valence electrons. The summed E-state index contributed by atoms with van der Waals surface area (Å²) in [4.78, 5) is 19.6. The van der Waals surface area contributed by atoms with Crippen LogP contribution < -0.4 is 5.56 Å². The quantitative estimate of drug-likeness (QED) is 0.887. The van der Waals surface area contributed by atoms with Crippen LogP contribution in [0, 0.1) is 5.92 Å². The van der Waals surface area contributed by atoms with Crippen molar-refractivity contribution in [2.24, 2.45) is 5.92 Å². The van der Waals surface area contributed by atoms with Gasteiger partial charge in [-0.15, -0.1) is 11.3 Å². The molecule has 1 atom stereocenters. The Morgan fingerprint density at radius 3 is 2.81 bits per heavy atom. The van der Waals surface area contributed by atoms with Crippen molar-refractivity contribution in [2.75, 3.05) is 6.61 Å². The van der Waals surface area contributed by atoms with Gasteiger partial charge in [-0.3, -0.25) is 9.36 Å². The molecule has 1 N–H and O–H groups in total. The van der Waals surface area contributed by atoms with E-state index in [1.54, 1.807) is 22.2 Å². The summed E-state index contributed by atoms with van der Waals surface area (Å²) in [6.45, 7) is 4.01.